The van der Waals surface area contributed by atoms with Crippen LogP contribution < -0.4 is 5.32 Å². The lowest BCUT2D eigenvalue weighted by atomic mass is 10.2. The molecule has 0 heterocycles. The maximum Gasteiger partial charge on any atom is 0.404 e. The van der Waals surface area contributed by atoms with E-state index in [1.54, 1.807) is 12.1 Å². The Labute approximate surface area is 69.5 Å². The summed E-state index contributed by atoms with van der Waals surface area (Å²) >= 11 is 0. The molecule has 0 aliphatic carbocycles. The van der Waals surface area contributed by atoms with Gasteiger partial charge in [0.05, 0.1) is 0 Å². The molecule has 4 heteroatoms. The zero-order valence-electron chi connectivity index (χ0n) is 6.32. The van der Waals surface area contributed by atoms with E-state index in [0.717, 1.165) is 5.56 Å². The van der Waals surface area contributed by atoms with Crippen LogP contribution in [0.5, 0.6) is 5.75 Å². The van der Waals surface area contributed by atoms with Crippen LogP contribution in [0.3, 0.4) is 0 Å². The summed E-state index contributed by atoms with van der Waals surface area (Å²) in [6.07, 6.45) is -1.05. The molecule has 0 aliphatic rings. The van der Waals surface area contributed by atoms with Crippen molar-refractivity contribution in [1.82, 2.24) is 5.32 Å². The zero-order valence-corrected chi connectivity index (χ0v) is 6.32. The van der Waals surface area contributed by atoms with Crippen molar-refractivity contribution < 1.29 is 15.0 Å². The van der Waals surface area contributed by atoms with E-state index in [0.29, 0.717) is 0 Å². The van der Waals surface area contributed by atoms with Gasteiger partial charge in [0.25, 0.3) is 0 Å². The molecule has 0 spiro atoms. The largest absolute Gasteiger partial charge is 0.508 e. The van der Waals surface area contributed by atoms with Crippen LogP contribution in [-0.2, 0) is 6.54 Å². The Morgan fingerprint density at radius 1 is 1.33 bits per heavy atom. The van der Waals surface area contributed by atoms with E-state index in [2.05, 4.69) is 5.32 Å². The van der Waals surface area contributed by atoms with Crippen LogP contribution in [0.1, 0.15) is 5.56 Å². The lowest BCUT2D eigenvalue weighted by Gasteiger charge is -2.00. The summed E-state index contributed by atoms with van der Waals surface area (Å²) in [6.45, 7) is 0.260. The molecular weight excluding hydrogens is 158 g/mol. The van der Waals surface area contributed by atoms with Crippen molar-refractivity contribution in [1.29, 1.82) is 0 Å². The first-order valence-corrected chi connectivity index (χ1v) is 3.43. The van der Waals surface area contributed by atoms with Gasteiger partial charge in [0.15, 0.2) is 0 Å². The summed E-state index contributed by atoms with van der Waals surface area (Å²) in [7, 11) is 0. The third-order valence-corrected chi connectivity index (χ3v) is 1.38. The standard InChI is InChI=1S/C8H9NO3/c10-7-3-1-6(2-4-7)5-9-8(11)12/h1-4,9-10H,5H2,(H,11,12). The van der Waals surface area contributed by atoms with Crippen LogP contribution in [0.25, 0.3) is 0 Å². The number of hydrogen-bond acceptors (Lipinski definition) is 2. The van der Waals surface area contributed by atoms with Gasteiger partial charge in [-0.1, -0.05) is 12.1 Å². The smallest absolute Gasteiger partial charge is 0.404 e. The van der Waals surface area contributed by atoms with Gasteiger partial charge in [0, 0.05) is 6.54 Å². The van der Waals surface area contributed by atoms with Gasteiger partial charge in [0.1, 0.15) is 5.75 Å². The van der Waals surface area contributed by atoms with Gasteiger partial charge in [-0.05, 0) is 17.7 Å². The molecule has 3 N–H and O–H groups in total. The van der Waals surface area contributed by atoms with E-state index in [9.17, 15) is 4.79 Å². The summed E-state index contributed by atoms with van der Waals surface area (Å²) in [6, 6.07) is 6.34. The summed E-state index contributed by atoms with van der Waals surface area (Å²) in [5.41, 5.74) is 0.815. The van der Waals surface area contributed by atoms with Gasteiger partial charge in [-0.25, -0.2) is 4.79 Å². The fourth-order valence-corrected chi connectivity index (χ4v) is 0.791. The summed E-state index contributed by atoms with van der Waals surface area (Å²) < 4.78 is 0. The van der Waals surface area contributed by atoms with Gasteiger partial charge >= 0.3 is 6.09 Å². The summed E-state index contributed by atoms with van der Waals surface area (Å²) in [5, 5.41) is 19.4. The predicted molar refractivity (Wildman–Crippen MR) is 43.0 cm³/mol. The maximum atomic E-state index is 10.1. The van der Waals surface area contributed by atoms with E-state index in [1.165, 1.54) is 12.1 Å². The van der Waals surface area contributed by atoms with E-state index in [1.807, 2.05) is 0 Å². The molecule has 0 aromatic heterocycles. The highest BCUT2D eigenvalue weighted by Crippen LogP contribution is 2.08. The highest BCUT2D eigenvalue weighted by atomic mass is 16.4. The van der Waals surface area contributed by atoms with E-state index < -0.39 is 6.09 Å². The average Bonchev–Trinajstić information content (AvgIpc) is 2.03. The first-order chi connectivity index (χ1) is 5.68. The van der Waals surface area contributed by atoms with Crippen molar-refractivity contribution in [3.63, 3.8) is 0 Å². The number of phenolic OH excluding ortho intramolecular Hbond substituents is 1. The molecule has 4 nitrogen and oxygen atoms in total. The second-order valence-corrected chi connectivity index (χ2v) is 2.33. The minimum atomic E-state index is -1.05. The van der Waals surface area contributed by atoms with Gasteiger partial charge in [-0.3, -0.25) is 0 Å². The molecule has 0 unspecified atom stereocenters. The molecule has 0 radical (unpaired) electrons. The Morgan fingerprint density at radius 3 is 2.42 bits per heavy atom. The van der Waals surface area contributed by atoms with Crippen molar-refractivity contribution >= 4 is 6.09 Å². The molecule has 0 saturated heterocycles. The third kappa shape index (κ3) is 2.49. The molecule has 0 atom stereocenters. The van der Waals surface area contributed by atoms with E-state index in [4.69, 9.17) is 10.2 Å². The number of hydrogen-bond donors (Lipinski definition) is 3. The average molecular weight is 167 g/mol. The zero-order chi connectivity index (χ0) is 8.97. The number of amides is 1. The van der Waals surface area contributed by atoms with Crippen molar-refractivity contribution in [3.05, 3.63) is 29.8 Å². The Bertz CT molecular complexity index is 268. The maximum absolute atomic E-state index is 10.1. The van der Waals surface area contributed by atoms with Crippen LogP contribution >= 0.6 is 0 Å². The predicted octanol–water partition coefficient (Wildman–Crippen LogP) is 1.16. The Balaban J connectivity index is 2.53. The molecule has 0 fully saturated rings. The highest BCUT2D eigenvalue weighted by Gasteiger charge is 1.95. The molecule has 1 rings (SSSR count). The van der Waals surface area contributed by atoms with Crippen molar-refractivity contribution in [2.24, 2.45) is 0 Å². The lowest BCUT2D eigenvalue weighted by Crippen LogP contribution is -2.19. The number of rotatable bonds is 2. The molecule has 0 bridgehead atoms. The monoisotopic (exact) mass is 167 g/mol. The summed E-state index contributed by atoms with van der Waals surface area (Å²) in [5.74, 6) is 0.175. The van der Waals surface area contributed by atoms with Gasteiger partial charge in [-0.2, -0.15) is 0 Å². The molecule has 1 aromatic carbocycles. The Hall–Kier alpha value is -1.71. The second-order valence-electron chi connectivity index (χ2n) is 2.33. The molecule has 0 saturated carbocycles. The van der Waals surface area contributed by atoms with Gasteiger partial charge in [-0.15, -0.1) is 0 Å². The number of nitrogens with one attached hydrogen (secondary N) is 1. The lowest BCUT2D eigenvalue weighted by molar-refractivity contribution is 0.194. The first kappa shape index (κ1) is 8.39. The SMILES string of the molecule is O=C(O)NCc1ccc(O)cc1. The first-order valence-electron chi connectivity index (χ1n) is 3.43. The molecule has 1 aromatic rings. The van der Waals surface area contributed by atoms with Gasteiger partial charge in [0.2, 0.25) is 0 Å². The number of carbonyl (C=O) groups is 1. The van der Waals surface area contributed by atoms with Crippen molar-refractivity contribution in [3.8, 4) is 5.75 Å². The van der Waals surface area contributed by atoms with Crippen molar-refractivity contribution in [2.75, 3.05) is 0 Å². The van der Waals surface area contributed by atoms with Gasteiger partial charge < -0.3 is 15.5 Å². The molecule has 0 aliphatic heterocycles. The van der Waals surface area contributed by atoms with Crippen molar-refractivity contribution in [2.45, 2.75) is 6.54 Å². The molecule has 64 valence electrons. The number of phenols is 1. The number of carboxylic acid groups (broad SMARTS) is 1. The Morgan fingerprint density at radius 2 is 1.92 bits per heavy atom. The molecule has 1 amide bonds. The fraction of sp³-hybridized carbons (Fsp3) is 0.125. The van der Waals surface area contributed by atoms with Crippen LogP contribution in [-0.4, -0.2) is 16.3 Å². The van der Waals surface area contributed by atoms with E-state index in [-0.39, 0.29) is 12.3 Å². The van der Waals surface area contributed by atoms with Crippen LogP contribution in [0.4, 0.5) is 4.79 Å². The second kappa shape index (κ2) is 3.61. The number of benzene rings is 1. The highest BCUT2D eigenvalue weighted by molar-refractivity contribution is 5.64. The Kier molecular flexibility index (Phi) is 2.53. The fourth-order valence-electron chi connectivity index (χ4n) is 0.791. The normalized spacial score (nSPS) is 9.33. The summed E-state index contributed by atoms with van der Waals surface area (Å²) in [4.78, 5) is 10.1. The third-order valence-electron chi connectivity index (χ3n) is 1.38. The van der Waals surface area contributed by atoms with E-state index >= 15 is 0 Å². The topological polar surface area (TPSA) is 69.6 Å². The van der Waals surface area contributed by atoms with Crippen LogP contribution in [0.2, 0.25) is 0 Å². The number of aromatic hydroxyl groups is 1. The quantitative estimate of drug-likeness (QED) is 0.619. The minimum absolute atomic E-state index is 0.175. The molecule has 12 heavy (non-hydrogen) atoms. The van der Waals surface area contributed by atoms with Crippen LogP contribution in [0.15, 0.2) is 24.3 Å². The molecular formula is C8H9NO3. The van der Waals surface area contributed by atoms with Crippen LogP contribution in [0, 0.1) is 0 Å². The minimum Gasteiger partial charge on any atom is -0.508 e.